The molecule has 0 spiro atoms. The van der Waals surface area contributed by atoms with Crippen molar-refractivity contribution in [2.24, 2.45) is 0 Å². The van der Waals surface area contributed by atoms with Crippen LogP contribution in [0.4, 0.5) is 5.95 Å². The van der Waals surface area contributed by atoms with E-state index in [1.54, 1.807) is 6.20 Å². The van der Waals surface area contributed by atoms with Gasteiger partial charge in [0, 0.05) is 31.9 Å². The normalized spacial score (nSPS) is 15.6. The predicted molar refractivity (Wildman–Crippen MR) is 108 cm³/mol. The van der Waals surface area contributed by atoms with Crippen molar-refractivity contribution < 1.29 is 4.79 Å². The molecule has 1 saturated heterocycles. The number of likely N-dealkylation sites (tertiary alicyclic amines) is 1. The number of carbonyl (C=O) groups is 1. The number of aryl methyl sites for hydroxylation is 1. The summed E-state index contributed by atoms with van der Waals surface area (Å²) in [7, 11) is 3.75. The van der Waals surface area contributed by atoms with E-state index < -0.39 is 0 Å². The molecule has 1 unspecified atom stereocenters. The zero-order chi connectivity index (χ0) is 19.4. The molecule has 1 aromatic carbocycles. The van der Waals surface area contributed by atoms with Crippen molar-refractivity contribution in [3.8, 4) is 0 Å². The topological polar surface area (TPSA) is 61.4 Å². The van der Waals surface area contributed by atoms with E-state index in [0.29, 0.717) is 23.8 Å². The van der Waals surface area contributed by atoms with Crippen LogP contribution in [0.1, 0.15) is 40.5 Å². The van der Waals surface area contributed by atoms with Gasteiger partial charge in [0.05, 0.1) is 17.3 Å². The number of anilines is 1. The zero-order valence-electron chi connectivity index (χ0n) is 16.1. The molecule has 1 atom stereocenters. The second kappa shape index (κ2) is 8.67. The van der Waals surface area contributed by atoms with E-state index in [9.17, 15) is 4.79 Å². The Labute approximate surface area is 165 Å². The molecule has 0 saturated carbocycles. The maximum atomic E-state index is 12.7. The minimum Gasteiger partial charge on any atom is -0.350 e. The Bertz CT molecular complexity index is 787. The number of rotatable bonds is 6. The SMILES string of the molecule is Cc1nc(N(C)C)ncc1C(=O)NCC(c1ccc(Cl)cc1)N1CCCC1. The van der Waals surface area contributed by atoms with E-state index in [4.69, 9.17) is 11.6 Å². The lowest BCUT2D eigenvalue weighted by molar-refractivity contribution is 0.0936. The van der Waals surface area contributed by atoms with Crippen molar-refractivity contribution in [1.82, 2.24) is 20.2 Å². The third-order valence-corrected chi connectivity index (χ3v) is 5.16. The molecule has 144 valence electrons. The summed E-state index contributed by atoms with van der Waals surface area (Å²) in [5, 5.41) is 3.79. The molecule has 1 aliphatic rings. The highest BCUT2D eigenvalue weighted by Crippen LogP contribution is 2.26. The molecule has 1 aromatic heterocycles. The molecule has 3 rings (SSSR count). The Balaban J connectivity index is 1.73. The molecule has 0 aliphatic carbocycles. The maximum absolute atomic E-state index is 12.7. The van der Waals surface area contributed by atoms with Crippen molar-refractivity contribution in [3.05, 3.63) is 52.3 Å². The molecule has 1 fully saturated rings. The number of aromatic nitrogens is 2. The van der Waals surface area contributed by atoms with Gasteiger partial charge in [-0.05, 0) is 50.6 Å². The van der Waals surface area contributed by atoms with Gasteiger partial charge in [-0.15, -0.1) is 0 Å². The van der Waals surface area contributed by atoms with Gasteiger partial charge in [0.1, 0.15) is 0 Å². The summed E-state index contributed by atoms with van der Waals surface area (Å²) in [5.74, 6) is 0.455. The van der Waals surface area contributed by atoms with Crippen LogP contribution in [0.15, 0.2) is 30.5 Å². The largest absolute Gasteiger partial charge is 0.350 e. The summed E-state index contributed by atoms with van der Waals surface area (Å²) in [6.45, 7) is 4.46. The predicted octanol–water partition coefficient (Wildman–Crippen LogP) is 3.07. The first-order valence-electron chi connectivity index (χ1n) is 9.24. The minimum atomic E-state index is -0.143. The molecular formula is C20H26ClN5O. The fourth-order valence-electron chi connectivity index (χ4n) is 3.37. The average molecular weight is 388 g/mol. The first kappa shape index (κ1) is 19.6. The van der Waals surface area contributed by atoms with Crippen molar-refractivity contribution >= 4 is 23.5 Å². The summed E-state index contributed by atoms with van der Waals surface area (Å²) in [4.78, 5) is 25.6. The van der Waals surface area contributed by atoms with Gasteiger partial charge in [0.25, 0.3) is 5.91 Å². The van der Waals surface area contributed by atoms with Gasteiger partial charge in [-0.1, -0.05) is 23.7 Å². The summed E-state index contributed by atoms with van der Waals surface area (Å²) in [5.41, 5.74) is 2.35. The first-order chi connectivity index (χ1) is 13.0. The van der Waals surface area contributed by atoms with E-state index in [0.717, 1.165) is 23.7 Å². The molecule has 0 radical (unpaired) electrons. The second-order valence-electron chi connectivity index (χ2n) is 7.08. The molecule has 2 aromatic rings. The van der Waals surface area contributed by atoms with Gasteiger partial charge >= 0.3 is 0 Å². The Morgan fingerprint density at radius 3 is 2.52 bits per heavy atom. The van der Waals surface area contributed by atoms with Crippen molar-refractivity contribution in [2.45, 2.75) is 25.8 Å². The number of benzene rings is 1. The number of carbonyl (C=O) groups excluding carboxylic acids is 1. The summed E-state index contributed by atoms with van der Waals surface area (Å²) < 4.78 is 0. The minimum absolute atomic E-state index is 0.135. The van der Waals surface area contributed by atoms with Gasteiger partial charge < -0.3 is 10.2 Å². The van der Waals surface area contributed by atoms with Gasteiger partial charge in [-0.25, -0.2) is 9.97 Å². The van der Waals surface area contributed by atoms with Crippen molar-refractivity contribution in [1.29, 1.82) is 0 Å². The number of halogens is 1. The van der Waals surface area contributed by atoms with Crippen LogP contribution in [0.5, 0.6) is 0 Å². The van der Waals surface area contributed by atoms with Gasteiger partial charge in [-0.2, -0.15) is 0 Å². The third kappa shape index (κ3) is 4.76. The van der Waals surface area contributed by atoms with Crippen LogP contribution in [0, 0.1) is 6.92 Å². The van der Waals surface area contributed by atoms with Crippen LogP contribution in [0.2, 0.25) is 5.02 Å². The molecule has 7 heteroatoms. The Morgan fingerprint density at radius 1 is 1.26 bits per heavy atom. The molecule has 0 bridgehead atoms. The van der Waals surface area contributed by atoms with Crippen LogP contribution < -0.4 is 10.2 Å². The quantitative estimate of drug-likeness (QED) is 0.825. The Morgan fingerprint density at radius 2 is 1.93 bits per heavy atom. The maximum Gasteiger partial charge on any atom is 0.254 e. The highest BCUT2D eigenvalue weighted by atomic mass is 35.5. The van der Waals surface area contributed by atoms with E-state index >= 15 is 0 Å². The van der Waals surface area contributed by atoms with E-state index in [1.165, 1.54) is 12.8 Å². The van der Waals surface area contributed by atoms with E-state index in [1.807, 2.05) is 50.2 Å². The molecule has 6 nitrogen and oxygen atoms in total. The van der Waals surface area contributed by atoms with E-state index in [2.05, 4.69) is 20.2 Å². The average Bonchev–Trinajstić information content (AvgIpc) is 3.17. The van der Waals surface area contributed by atoms with Crippen LogP contribution in [0.3, 0.4) is 0 Å². The smallest absolute Gasteiger partial charge is 0.254 e. The second-order valence-corrected chi connectivity index (χ2v) is 7.52. The zero-order valence-corrected chi connectivity index (χ0v) is 16.8. The van der Waals surface area contributed by atoms with Gasteiger partial charge in [0.2, 0.25) is 5.95 Å². The first-order valence-corrected chi connectivity index (χ1v) is 9.62. The third-order valence-electron chi connectivity index (χ3n) is 4.90. The highest BCUT2D eigenvalue weighted by molar-refractivity contribution is 6.30. The number of nitrogens with one attached hydrogen (secondary N) is 1. The summed E-state index contributed by atoms with van der Waals surface area (Å²) >= 11 is 6.04. The standard InChI is InChI=1S/C20H26ClN5O/c1-14-17(12-23-20(24-14)25(2)3)19(27)22-13-18(26-10-4-5-11-26)15-6-8-16(21)9-7-15/h6-9,12,18H,4-5,10-11,13H2,1-3H3,(H,22,27). The molecule has 1 amide bonds. The van der Waals surface area contributed by atoms with Gasteiger partial charge in [-0.3, -0.25) is 9.69 Å². The van der Waals surface area contributed by atoms with Crippen molar-refractivity contribution in [2.75, 3.05) is 38.6 Å². The lowest BCUT2D eigenvalue weighted by Gasteiger charge is -2.28. The van der Waals surface area contributed by atoms with Crippen LogP contribution in [-0.2, 0) is 0 Å². The van der Waals surface area contributed by atoms with Gasteiger partial charge in [0.15, 0.2) is 0 Å². The lowest BCUT2D eigenvalue weighted by Crippen LogP contribution is -2.37. The fourth-order valence-corrected chi connectivity index (χ4v) is 3.50. The Kier molecular flexibility index (Phi) is 6.29. The summed E-state index contributed by atoms with van der Waals surface area (Å²) in [6.07, 6.45) is 3.98. The number of hydrogen-bond acceptors (Lipinski definition) is 5. The number of amides is 1. The van der Waals surface area contributed by atoms with Crippen LogP contribution in [-0.4, -0.2) is 54.5 Å². The van der Waals surface area contributed by atoms with Crippen LogP contribution >= 0.6 is 11.6 Å². The van der Waals surface area contributed by atoms with Crippen molar-refractivity contribution in [3.63, 3.8) is 0 Å². The Hall–Kier alpha value is -2.18. The molecule has 1 aliphatic heterocycles. The highest BCUT2D eigenvalue weighted by Gasteiger charge is 2.24. The number of nitrogens with zero attached hydrogens (tertiary/aromatic N) is 4. The molecular weight excluding hydrogens is 362 g/mol. The molecule has 1 N–H and O–H groups in total. The monoisotopic (exact) mass is 387 g/mol. The lowest BCUT2D eigenvalue weighted by atomic mass is 10.1. The molecule has 2 heterocycles. The fraction of sp³-hybridized carbons (Fsp3) is 0.450. The molecule has 27 heavy (non-hydrogen) atoms. The van der Waals surface area contributed by atoms with E-state index in [-0.39, 0.29) is 11.9 Å². The number of hydrogen-bond donors (Lipinski definition) is 1. The van der Waals surface area contributed by atoms with Crippen LogP contribution in [0.25, 0.3) is 0 Å². The summed E-state index contributed by atoms with van der Waals surface area (Å²) in [6, 6.07) is 8.02.